The molecule has 2 aromatic rings. The Hall–Kier alpha value is -2.89. The van der Waals surface area contributed by atoms with Crippen LogP contribution in [0, 0.1) is 5.82 Å². The first kappa shape index (κ1) is 17.9. The molecule has 0 aliphatic carbocycles. The molecule has 0 bridgehead atoms. The molecule has 0 saturated carbocycles. The molecule has 1 N–H and O–H groups in total. The first-order valence-electron chi connectivity index (χ1n) is 8.64. The lowest BCUT2D eigenvalue weighted by Crippen LogP contribution is -2.47. The summed E-state index contributed by atoms with van der Waals surface area (Å²) < 4.78 is 19.2. The average Bonchev–Trinajstić information content (AvgIpc) is 2.68. The Balaban J connectivity index is 1.44. The Morgan fingerprint density at radius 2 is 1.69 bits per heavy atom. The number of likely N-dealkylation sites (tertiary alicyclic amines) is 1. The van der Waals surface area contributed by atoms with E-state index in [0.717, 1.165) is 0 Å². The third kappa shape index (κ3) is 4.59. The van der Waals surface area contributed by atoms with Gasteiger partial charge in [-0.1, -0.05) is 30.3 Å². The number of carbonyl (C=O) groups is 2. The maximum absolute atomic E-state index is 13.8. The van der Waals surface area contributed by atoms with Crippen LogP contribution in [0.15, 0.2) is 54.6 Å². The number of para-hydroxylation sites is 1. The predicted octanol–water partition coefficient (Wildman–Crippen LogP) is 2.63. The molecule has 1 saturated heterocycles. The molecule has 3 rings (SSSR count). The molecule has 1 heterocycles. The SMILES string of the molecule is O=C(COc1ccccc1)NC1CCN(C(=O)c2ccccc2F)CC1. The Labute approximate surface area is 151 Å². The summed E-state index contributed by atoms with van der Waals surface area (Å²) >= 11 is 0. The lowest BCUT2D eigenvalue weighted by Gasteiger charge is -2.32. The number of benzene rings is 2. The Morgan fingerprint density at radius 1 is 1.04 bits per heavy atom. The molecule has 1 fully saturated rings. The quantitative estimate of drug-likeness (QED) is 0.896. The third-order valence-corrected chi connectivity index (χ3v) is 4.36. The number of carbonyl (C=O) groups excluding carboxylic acids is 2. The van der Waals surface area contributed by atoms with Gasteiger partial charge in [0.25, 0.3) is 11.8 Å². The van der Waals surface area contributed by atoms with Gasteiger partial charge >= 0.3 is 0 Å². The molecule has 1 aliphatic rings. The summed E-state index contributed by atoms with van der Waals surface area (Å²) in [4.78, 5) is 26.0. The van der Waals surface area contributed by atoms with E-state index in [2.05, 4.69) is 5.32 Å². The molecule has 0 spiro atoms. The van der Waals surface area contributed by atoms with Crippen molar-refractivity contribution in [2.45, 2.75) is 18.9 Å². The lowest BCUT2D eigenvalue weighted by molar-refractivity contribution is -0.124. The molecule has 2 aromatic carbocycles. The van der Waals surface area contributed by atoms with Gasteiger partial charge in [0.15, 0.2) is 6.61 Å². The van der Waals surface area contributed by atoms with Crippen molar-refractivity contribution in [2.75, 3.05) is 19.7 Å². The normalized spacial score (nSPS) is 14.7. The van der Waals surface area contributed by atoms with Crippen LogP contribution in [0.4, 0.5) is 4.39 Å². The summed E-state index contributed by atoms with van der Waals surface area (Å²) in [6.07, 6.45) is 1.27. The number of ether oxygens (including phenoxy) is 1. The first-order valence-corrected chi connectivity index (χ1v) is 8.64. The van der Waals surface area contributed by atoms with Gasteiger partial charge in [-0.05, 0) is 37.1 Å². The van der Waals surface area contributed by atoms with E-state index in [0.29, 0.717) is 31.7 Å². The van der Waals surface area contributed by atoms with E-state index < -0.39 is 5.82 Å². The van der Waals surface area contributed by atoms with Crippen LogP contribution >= 0.6 is 0 Å². The summed E-state index contributed by atoms with van der Waals surface area (Å²) in [7, 11) is 0. The molecule has 0 unspecified atom stereocenters. The summed E-state index contributed by atoms with van der Waals surface area (Å²) in [5.74, 6) is -0.355. The smallest absolute Gasteiger partial charge is 0.258 e. The van der Waals surface area contributed by atoms with Crippen LogP contribution in [-0.2, 0) is 4.79 Å². The van der Waals surface area contributed by atoms with Gasteiger partial charge in [-0.2, -0.15) is 0 Å². The van der Waals surface area contributed by atoms with Gasteiger partial charge in [-0.25, -0.2) is 4.39 Å². The second kappa shape index (κ2) is 8.47. The predicted molar refractivity (Wildman–Crippen MR) is 95.4 cm³/mol. The maximum Gasteiger partial charge on any atom is 0.258 e. The Morgan fingerprint density at radius 3 is 2.38 bits per heavy atom. The van der Waals surface area contributed by atoms with E-state index >= 15 is 0 Å². The van der Waals surface area contributed by atoms with Crippen molar-refractivity contribution in [1.29, 1.82) is 0 Å². The van der Waals surface area contributed by atoms with E-state index in [1.165, 1.54) is 12.1 Å². The van der Waals surface area contributed by atoms with E-state index in [1.807, 2.05) is 18.2 Å². The monoisotopic (exact) mass is 356 g/mol. The molecule has 5 nitrogen and oxygen atoms in total. The molecular weight excluding hydrogens is 335 g/mol. The van der Waals surface area contributed by atoms with Crippen LogP contribution < -0.4 is 10.1 Å². The molecule has 26 heavy (non-hydrogen) atoms. The third-order valence-electron chi connectivity index (χ3n) is 4.36. The molecule has 6 heteroatoms. The van der Waals surface area contributed by atoms with Crippen molar-refractivity contribution in [3.63, 3.8) is 0 Å². The number of nitrogens with zero attached hydrogens (tertiary/aromatic N) is 1. The fourth-order valence-corrected chi connectivity index (χ4v) is 2.97. The zero-order valence-electron chi connectivity index (χ0n) is 14.4. The highest BCUT2D eigenvalue weighted by atomic mass is 19.1. The summed E-state index contributed by atoms with van der Waals surface area (Å²) in [5.41, 5.74) is 0.0891. The molecular formula is C20H21FN2O3. The van der Waals surface area contributed by atoms with E-state index in [-0.39, 0.29) is 30.0 Å². The highest BCUT2D eigenvalue weighted by Crippen LogP contribution is 2.16. The highest BCUT2D eigenvalue weighted by Gasteiger charge is 2.25. The summed E-state index contributed by atoms with van der Waals surface area (Å²) in [6, 6.07) is 15.1. The van der Waals surface area contributed by atoms with Crippen LogP contribution in [0.2, 0.25) is 0 Å². The number of halogens is 1. The summed E-state index contributed by atoms with van der Waals surface area (Å²) in [6.45, 7) is 0.924. The largest absolute Gasteiger partial charge is 0.484 e. The fourth-order valence-electron chi connectivity index (χ4n) is 2.97. The van der Waals surface area contributed by atoms with Crippen molar-refractivity contribution in [3.05, 3.63) is 66.0 Å². The Kier molecular flexibility index (Phi) is 5.84. The van der Waals surface area contributed by atoms with Crippen molar-refractivity contribution in [3.8, 4) is 5.75 Å². The van der Waals surface area contributed by atoms with Crippen molar-refractivity contribution >= 4 is 11.8 Å². The molecule has 1 aliphatic heterocycles. The summed E-state index contributed by atoms with van der Waals surface area (Å²) in [5, 5.41) is 2.92. The standard InChI is InChI=1S/C20H21FN2O3/c21-18-9-5-4-8-17(18)20(25)23-12-10-15(11-13-23)22-19(24)14-26-16-6-2-1-3-7-16/h1-9,15H,10-14H2,(H,22,24). The Bertz CT molecular complexity index is 759. The number of rotatable bonds is 5. The van der Waals surface area contributed by atoms with Crippen LogP contribution in [0.3, 0.4) is 0 Å². The van der Waals surface area contributed by atoms with Crippen molar-refractivity contribution in [1.82, 2.24) is 10.2 Å². The first-order chi connectivity index (χ1) is 12.6. The topological polar surface area (TPSA) is 58.6 Å². The minimum Gasteiger partial charge on any atom is -0.484 e. The van der Waals surface area contributed by atoms with E-state index in [9.17, 15) is 14.0 Å². The van der Waals surface area contributed by atoms with Gasteiger partial charge in [-0.15, -0.1) is 0 Å². The number of amides is 2. The molecule has 0 aromatic heterocycles. The lowest BCUT2D eigenvalue weighted by atomic mass is 10.0. The molecule has 0 atom stereocenters. The zero-order valence-corrected chi connectivity index (χ0v) is 14.4. The van der Waals surface area contributed by atoms with Gasteiger partial charge in [0.1, 0.15) is 11.6 Å². The second-order valence-corrected chi connectivity index (χ2v) is 6.22. The van der Waals surface area contributed by atoms with Gasteiger partial charge in [0.2, 0.25) is 0 Å². The van der Waals surface area contributed by atoms with E-state index in [1.54, 1.807) is 29.2 Å². The van der Waals surface area contributed by atoms with Crippen LogP contribution in [0.1, 0.15) is 23.2 Å². The van der Waals surface area contributed by atoms with Crippen molar-refractivity contribution in [2.24, 2.45) is 0 Å². The van der Waals surface area contributed by atoms with Crippen molar-refractivity contribution < 1.29 is 18.7 Å². The number of nitrogens with one attached hydrogen (secondary N) is 1. The van der Waals surface area contributed by atoms with Crippen LogP contribution in [0.5, 0.6) is 5.75 Å². The number of piperidine rings is 1. The van der Waals surface area contributed by atoms with Gasteiger partial charge in [0, 0.05) is 19.1 Å². The van der Waals surface area contributed by atoms with Gasteiger partial charge in [-0.3, -0.25) is 9.59 Å². The van der Waals surface area contributed by atoms with Crippen LogP contribution in [-0.4, -0.2) is 42.5 Å². The molecule has 136 valence electrons. The number of hydrogen-bond donors (Lipinski definition) is 1. The average molecular weight is 356 g/mol. The van der Waals surface area contributed by atoms with Gasteiger partial charge < -0.3 is 15.0 Å². The second-order valence-electron chi connectivity index (χ2n) is 6.22. The van der Waals surface area contributed by atoms with Gasteiger partial charge in [0.05, 0.1) is 5.56 Å². The minimum absolute atomic E-state index is 0.00783. The maximum atomic E-state index is 13.8. The fraction of sp³-hybridized carbons (Fsp3) is 0.300. The zero-order chi connectivity index (χ0) is 18.4. The van der Waals surface area contributed by atoms with E-state index in [4.69, 9.17) is 4.74 Å². The number of hydrogen-bond acceptors (Lipinski definition) is 3. The van der Waals surface area contributed by atoms with Crippen LogP contribution in [0.25, 0.3) is 0 Å². The molecule has 0 radical (unpaired) electrons. The molecule has 2 amide bonds. The minimum atomic E-state index is -0.508. The highest BCUT2D eigenvalue weighted by molar-refractivity contribution is 5.94.